The van der Waals surface area contributed by atoms with Crippen molar-refractivity contribution in [1.82, 2.24) is 9.97 Å². The van der Waals surface area contributed by atoms with Crippen molar-refractivity contribution in [1.29, 1.82) is 0 Å². The number of ether oxygens (including phenoxy) is 1. The van der Waals surface area contributed by atoms with Crippen LogP contribution in [0.15, 0.2) is 30.3 Å². The van der Waals surface area contributed by atoms with Crippen LogP contribution < -0.4 is 4.74 Å². The van der Waals surface area contributed by atoms with Gasteiger partial charge in [-0.3, -0.25) is 0 Å². The van der Waals surface area contributed by atoms with Crippen LogP contribution in [0.4, 0.5) is 4.39 Å². The maximum Gasteiger partial charge on any atom is 0.224 e. The molecule has 92 valence electrons. The summed E-state index contributed by atoms with van der Waals surface area (Å²) in [6, 6.07) is 7.42. The van der Waals surface area contributed by atoms with Gasteiger partial charge in [-0.2, -0.15) is 4.98 Å². The van der Waals surface area contributed by atoms with Gasteiger partial charge < -0.3 is 4.74 Å². The number of nitrogens with zero attached hydrogens (tertiary/aromatic N) is 2. The standard InChI is InChI=1S/C13H10ClFN2O/c14-11-7-12(17-13(16-11)8-4-5-8)18-10-3-1-2-9(15)6-10/h1-3,6-8H,4-5H2. The number of hydrogen-bond acceptors (Lipinski definition) is 3. The van der Waals surface area contributed by atoms with Gasteiger partial charge in [0.05, 0.1) is 0 Å². The zero-order valence-electron chi connectivity index (χ0n) is 9.44. The molecule has 5 heteroatoms. The number of halogens is 2. The fraction of sp³-hybridized carbons (Fsp3) is 0.231. The SMILES string of the molecule is Fc1cccc(Oc2cc(Cl)nc(C3CC3)n2)c1. The van der Waals surface area contributed by atoms with Crippen molar-refractivity contribution in [3.05, 3.63) is 47.1 Å². The van der Waals surface area contributed by atoms with E-state index >= 15 is 0 Å². The fourth-order valence-electron chi connectivity index (χ4n) is 1.64. The first-order chi connectivity index (χ1) is 8.70. The van der Waals surface area contributed by atoms with Gasteiger partial charge in [0.25, 0.3) is 0 Å². The molecule has 0 aliphatic heterocycles. The second kappa shape index (κ2) is 4.53. The Labute approximate surface area is 109 Å². The van der Waals surface area contributed by atoms with Crippen molar-refractivity contribution in [2.45, 2.75) is 18.8 Å². The van der Waals surface area contributed by atoms with Gasteiger partial charge in [0.15, 0.2) is 0 Å². The highest BCUT2D eigenvalue weighted by molar-refractivity contribution is 6.29. The first-order valence-corrected chi connectivity index (χ1v) is 6.06. The van der Waals surface area contributed by atoms with E-state index in [2.05, 4.69) is 9.97 Å². The average molecular weight is 265 g/mol. The third kappa shape index (κ3) is 2.59. The number of benzene rings is 1. The Kier molecular flexibility index (Phi) is 2.88. The monoisotopic (exact) mass is 264 g/mol. The van der Waals surface area contributed by atoms with E-state index < -0.39 is 0 Å². The zero-order chi connectivity index (χ0) is 12.5. The molecule has 0 amide bonds. The summed E-state index contributed by atoms with van der Waals surface area (Å²) in [7, 11) is 0. The maximum absolute atomic E-state index is 13.0. The number of hydrogen-bond donors (Lipinski definition) is 0. The molecule has 0 atom stereocenters. The molecule has 0 saturated heterocycles. The molecule has 2 aromatic rings. The minimum absolute atomic E-state index is 0.346. The van der Waals surface area contributed by atoms with Crippen molar-refractivity contribution in [3.8, 4) is 11.6 Å². The van der Waals surface area contributed by atoms with Gasteiger partial charge in [-0.15, -0.1) is 0 Å². The minimum atomic E-state index is -0.352. The molecule has 1 saturated carbocycles. The van der Waals surface area contributed by atoms with Crippen LogP contribution in [0.25, 0.3) is 0 Å². The van der Waals surface area contributed by atoms with Gasteiger partial charge in [-0.05, 0) is 25.0 Å². The summed E-state index contributed by atoms with van der Waals surface area (Å²) >= 11 is 5.91. The van der Waals surface area contributed by atoms with E-state index in [1.54, 1.807) is 12.1 Å². The highest BCUT2D eigenvalue weighted by atomic mass is 35.5. The van der Waals surface area contributed by atoms with Crippen LogP contribution in [-0.4, -0.2) is 9.97 Å². The summed E-state index contributed by atoms with van der Waals surface area (Å²) < 4.78 is 18.5. The van der Waals surface area contributed by atoms with Gasteiger partial charge >= 0.3 is 0 Å². The molecule has 18 heavy (non-hydrogen) atoms. The molecule has 1 heterocycles. The van der Waals surface area contributed by atoms with Crippen LogP contribution in [0.3, 0.4) is 0 Å². The third-order valence-electron chi connectivity index (χ3n) is 2.65. The highest BCUT2D eigenvalue weighted by Gasteiger charge is 2.27. The molecule has 1 aromatic heterocycles. The van der Waals surface area contributed by atoms with E-state index in [-0.39, 0.29) is 5.82 Å². The normalized spacial score (nSPS) is 14.6. The molecular weight excluding hydrogens is 255 g/mol. The lowest BCUT2D eigenvalue weighted by Crippen LogP contribution is -1.96. The Morgan fingerprint density at radius 1 is 1.22 bits per heavy atom. The first kappa shape index (κ1) is 11.4. The van der Waals surface area contributed by atoms with E-state index in [9.17, 15) is 4.39 Å². The van der Waals surface area contributed by atoms with Crippen LogP contribution in [0, 0.1) is 5.82 Å². The van der Waals surface area contributed by atoms with E-state index in [0.717, 1.165) is 12.8 Å². The number of rotatable bonds is 3. The summed E-state index contributed by atoms with van der Waals surface area (Å²) in [5.74, 6) is 1.48. The molecule has 0 spiro atoms. The summed E-state index contributed by atoms with van der Waals surface area (Å²) in [5.41, 5.74) is 0. The van der Waals surface area contributed by atoms with Crippen molar-refractivity contribution in [2.75, 3.05) is 0 Å². The topological polar surface area (TPSA) is 35.0 Å². The van der Waals surface area contributed by atoms with E-state index in [4.69, 9.17) is 16.3 Å². The van der Waals surface area contributed by atoms with E-state index in [1.165, 1.54) is 18.2 Å². The largest absolute Gasteiger partial charge is 0.439 e. The second-order valence-corrected chi connectivity index (χ2v) is 4.61. The summed E-state index contributed by atoms with van der Waals surface area (Å²) in [5, 5.41) is 0.346. The molecule has 1 aliphatic carbocycles. The van der Waals surface area contributed by atoms with Gasteiger partial charge in [0.1, 0.15) is 22.5 Å². The summed E-state index contributed by atoms with van der Waals surface area (Å²) in [6.07, 6.45) is 2.17. The van der Waals surface area contributed by atoms with Crippen molar-refractivity contribution >= 4 is 11.6 Å². The molecule has 1 fully saturated rings. The van der Waals surface area contributed by atoms with E-state index in [0.29, 0.717) is 28.5 Å². The Hall–Kier alpha value is -1.68. The fourth-order valence-corrected chi connectivity index (χ4v) is 1.82. The molecule has 3 rings (SSSR count). The van der Waals surface area contributed by atoms with Crippen molar-refractivity contribution in [2.24, 2.45) is 0 Å². The predicted molar refractivity (Wildman–Crippen MR) is 65.5 cm³/mol. The summed E-state index contributed by atoms with van der Waals surface area (Å²) in [4.78, 5) is 8.44. The lowest BCUT2D eigenvalue weighted by molar-refractivity contribution is 0.454. The molecule has 0 bridgehead atoms. The molecule has 0 radical (unpaired) electrons. The maximum atomic E-state index is 13.0. The summed E-state index contributed by atoms with van der Waals surface area (Å²) in [6.45, 7) is 0. The predicted octanol–water partition coefficient (Wildman–Crippen LogP) is 3.94. The average Bonchev–Trinajstić information content (AvgIpc) is 3.11. The van der Waals surface area contributed by atoms with Crippen LogP contribution in [0.5, 0.6) is 11.6 Å². The highest BCUT2D eigenvalue weighted by Crippen LogP contribution is 2.39. The quantitative estimate of drug-likeness (QED) is 0.788. The smallest absolute Gasteiger partial charge is 0.224 e. The Morgan fingerprint density at radius 3 is 2.78 bits per heavy atom. The van der Waals surface area contributed by atoms with Crippen LogP contribution in [0.1, 0.15) is 24.6 Å². The van der Waals surface area contributed by atoms with Gasteiger partial charge in [-0.25, -0.2) is 9.37 Å². The lowest BCUT2D eigenvalue weighted by Gasteiger charge is -2.06. The van der Waals surface area contributed by atoms with Crippen LogP contribution in [0.2, 0.25) is 5.15 Å². The third-order valence-corrected chi connectivity index (χ3v) is 2.84. The van der Waals surface area contributed by atoms with Gasteiger partial charge in [0.2, 0.25) is 5.88 Å². The second-order valence-electron chi connectivity index (χ2n) is 4.22. The van der Waals surface area contributed by atoms with Gasteiger partial charge in [-0.1, -0.05) is 17.7 Å². The molecule has 1 aliphatic rings. The van der Waals surface area contributed by atoms with Crippen LogP contribution >= 0.6 is 11.6 Å². The van der Waals surface area contributed by atoms with Crippen molar-refractivity contribution in [3.63, 3.8) is 0 Å². The first-order valence-electron chi connectivity index (χ1n) is 5.68. The molecule has 0 unspecified atom stereocenters. The van der Waals surface area contributed by atoms with Crippen LogP contribution in [-0.2, 0) is 0 Å². The van der Waals surface area contributed by atoms with Crippen molar-refractivity contribution < 1.29 is 9.13 Å². The molecule has 3 nitrogen and oxygen atoms in total. The Balaban J connectivity index is 1.87. The Bertz CT molecular complexity index is 587. The minimum Gasteiger partial charge on any atom is -0.439 e. The van der Waals surface area contributed by atoms with E-state index in [1.807, 2.05) is 0 Å². The van der Waals surface area contributed by atoms with Gasteiger partial charge in [0, 0.05) is 18.1 Å². The number of aromatic nitrogens is 2. The Morgan fingerprint density at radius 2 is 2.06 bits per heavy atom. The zero-order valence-corrected chi connectivity index (χ0v) is 10.2. The molecular formula is C13H10ClFN2O. The molecule has 0 N–H and O–H groups in total. The molecule has 1 aromatic carbocycles. The lowest BCUT2D eigenvalue weighted by atomic mass is 10.3.